The number of H-pyrrole nitrogens is 1. The van der Waals surface area contributed by atoms with Gasteiger partial charge in [-0.1, -0.05) is 17.7 Å². The number of aromatic amines is 1. The van der Waals surface area contributed by atoms with Crippen LogP contribution in [0.3, 0.4) is 0 Å². The number of primary amides is 1. The van der Waals surface area contributed by atoms with Gasteiger partial charge >= 0.3 is 6.09 Å². The maximum Gasteiger partial charge on any atom is 0.410 e. The minimum absolute atomic E-state index is 0.303. The number of rotatable bonds is 3. The van der Waals surface area contributed by atoms with E-state index in [1.807, 2.05) is 24.4 Å². The lowest BCUT2D eigenvalue weighted by molar-refractivity contribution is 0.211. The van der Waals surface area contributed by atoms with Crippen LogP contribution in [0.25, 0.3) is 28.1 Å². The molecule has 8 heteroatoms. The zero-order chi connectivity index (χ0) is 17.4. The van der Waals surface area contributed by atoms with Crippen molar-refractivity contribution >= 4 is 28.7 Å². The Labute approximate surface area is 147 Å². The highest BCUT2D eigenvalue weighted by atomic mass is 35.5. The molecule has 0 unspecified atom stereocenters. The zero-order valence-electron chi connectivity index (χ0n) is 12.8. The first-order valence-corrected chi connectivity index (χ1v) is 7.75. The number of hydrogen-bond acceptors (Lipinski definition) is 4. The van der Waals surface area contributed by atoms with Crippen LogP contribution in [0.15, 0.2) is 54.9 Å². The van der Waals surface area contributed by atoms with Crippen LogP contribution in [0.4, 0.5) is 4.79 Å². The van der Waals surface area contributed by atoms with E-state index in [-0.39, 0.29) is 0 Å². The number of carbonyl (C=O) groups excluding carboxylic acids is 1. The van der Waals surface area contributed by atoms with Gasteiger partial charge < -0.3 is 15.5 Å². The number of para-hydroxylation sites is 1. The van der Waals surface area contributed by atoms with Crippen LogP contribution in [0.1, 0.15) is 0 Å². The van der Waals surface area contributed by atoms with E-state index >= 15 is 0 Å². The lowest BCUT2D eigenvalue weighted by atomic mass is 10.3. The molecule has 0 saturated heterocycles. The minimum Gasteiger partial charge on any atom is -0.408 e. The summed E-state index contributed by atoms with van der Waals surface area (Å²) in [4.78, 5) is 18.7. The number of imidazole rings is 1. The lowest BCUT2D eigenvalue weighted by Crippen LogP contribution is -2.16. The van der Waals surface area contributed by atoms with Gasteiger partial charge in [-0.05, 0) is 36.4 Å². The van der Waals surface area contributed by atoms with E-state index in [1.54, 1.807) is 35.1 Å². The van der Waals surface area contributed by atoms with Crippen LogP contribution in [-0.4, -0.2) is 25.8 Å². The second-order valence-corrected chi connectivity index (χ2v) is 5.75. The fraction of sp³-hybridized carbons (Fsp3) is 0. The van der Waals surface area contributed by atoms with E-state index < -0.39 is 6.09 Å². The van der Waals surface area contributed by atoms with Gasteiger partial charge in [-0.2, -0.15) is 5.10 Å². The summed E-state index contributed by atoms with van der Waals surface area (Å²) in [5, 5.41) is 5.00. The molecule has 0 bridgehead atoms. The predicted octanol–water partition coefficient (Wildman–Crippen LogP) is 3.53. The van der Waals surface area contributed by atoms with Crippen molar-refractivity contribution in [2.75, 3.05) is 0 Å². The maximum absolute atomic E-state index is 11.0. The largest absolute Gasteiger partial charge is 0.410 e. The number of aromatic nitrogens is 4. The number of ether oxygens (including phenoxy) is 1. The van der Waals surface area contributed by atoms with Gasteiger partial charge in [0.05, 0.1) is 23.0 Å². The highest BCUT2D eigenvalue weighted by Gasteiger charge is 2.13. The van der Waals surface area contributed by atoms with Crippen molar-refractivity contribution in [3.63, 3.8) is 0 Å². The van der Waals surface area contributed by atoms with Crippen molar-refractivity contribution in [1.29, 1.82) is 0 Å². The normalized spacial score (nSPS) is 10.9. The second-order valence-electron chi connectivity index (χ2n) is 5.31. The van der Waals surface area contributed by atoms with Gasteiger partial charge in [0.15, 0.2) is 5.75 Å². The zero-order valence-corrected chi connectivity index (χ0v) is 13.6. The van der Waals surface area contributed by atoms with Crippen molar-refractivity contribution < 1.29 is 9.53 Å². The fourth-order valence-electron chi connectivity index (χ4n) is 2.51. The van der Waals surface area contributed by atoms with Gasteiger partial charge in [0, 0.05) is 11.2 Å². The molecule has 25 heavy (non-hydrogen) atoms. The third-order valence-corrected chi connectivity index (χ3v) is 3.89. The Balaban J connectivity index is 1.73. The van der Waals surface area contributed by atoms with Crippen LogP contribution in [-0.2, 0) is 0 Å². The third kappa shape index (κ3) is 2.92. The highest BCUT2D eigenvalue weighted by Crippen LogP contribution is 2.27. The summed E-state index contributed by atoms with van der Waals surface area (Å²) >= 11 is 5.91. The van der Waals surface area contributed by atoms with Gasteiger partial charge in [-0.25, -0.2) is 14.5 Å². The Kier molecular flexibility index (Phi) is 3.62. The molecule has 0 aliphatic rings. The van der Waals surface area contributed by atoms with Crippen molar-refractivity contribution in [3.05, 3.63) is 59.9 Å². The summed E-state index contributed by atoms with van der Waals surface area (Å²) in [6, 6.07) is 12.6. The van der Waals surface area contributed by atoms with Gasteiger partial charge in [0.25, 0.3) is 0 Å². The first-order valence-electron chi connectivity index (χ1n) is 7.37. The Morgan fingerprint density at radius 3 is 2.76 bits per heavy atom. The summed E-state index contributed by atoms with van der Waals surface area (Å²) < 4.78 is 6.71. The van der Waals surface area contributed by atoms with E-state index in [9.17, 15) is 4.79 Å². The average Bonchev–Trinajstić information content (AvgIpc) is 3.22. The number of halogens is 1. The van der Waals surface area contributed by atoms with Gasteiger partial charge in [0.1, 0.15) is 11.3 Å². The first-order chi connectivity index (χ1) is 12.1. The van der Waals surface area contributed by atoms with E-state index in [4.69, 9.17) is 22.1 Å². The Bertz CT molecular complexity index is 1070. The number of nitrogens with one attached hydrogen (secondary N) is 1. The quantitative estimate of drug-likeness (QED) is 0.588. The molecule has 0 spiro atoms. The first kappa shape index (κ1) is 15.2. The standard InChI is InChI=1S/C17H12ClN5O2/c18-11-4-6-12(7-5-11)23-9-10(8-20-23)16-21-13-2-1-3-14(15(13)22-16)25-17(19)24/h1-9H,(H2,19,24)(H,21,22). The Morgan fingerprint density at radius 1 is 1.20 bits per heavy atom. The highest BCUT2D eigenvalue weighted by molar-refractivity contribution is 6.30. The fourth-order valence-corrected chi connectivity index (χ4v) is 2.64. The molecule has 2 heterocycles. The van der Waals surface area contributed by atoms with Gasteiger partial charge in [-0.3, -0.25) is 0 Å². The molecule has 4 rings (SSSR count). The summed E-state index contributed by atoms with van der Waals surface area (Å²) in [5.41, 5.74) is 8.01. The number of nitrogens with two attached hydrogens (primary N) is 1. The summed E-state index contributed by atoms with van der Waals surface area (Å²) in [7, 11) is 0. The van der Waals surface area contributed by atoms with Crippen LogP contribution in [0.2, 0.25) is 5.02 Å². The number of carbonyl (C=O) groups is 1. The molecule has 0 saturated carbocycles. The Morgan fingerprint density at radius 2 is 2.00 bits per heavy atom. The van der Waals surface area contributed by atoms with E-state index in [0.29, 0.717) is 22.1 Å². The van der Waals surface area contributed by atoms with Crippen LogP contribution in [0, 0.1) is 0 Å². The molecular formula is C17H12ClN5O2. The molecule has 0 aliphatic heterocycles. The SMILES string of the molecule is NC(=O)Oc1cccc2[nH]c(-c3cnn(-c4ccc(Cl)cc4)c3)nc12. The molecule has 124 valence electrons. The minimum atomic E-state index is -0.882. The molecule has 0 atom stereocenters. The molecular weight excluding hydrogens is 342 g/mol. The summed E-state index contributed by atoms with van der Waals surface area (Å²) in [6.45, 7) is 0. The van der Waals surface area contributed by atoms with E-state index in [2.05, 4.69) is 15.1 Å². The topological polar surface area (TPSA) is 98.8 Å². The molecule has 2 aromatic carbocycles. The molecule has 1 amide bonds. The Hall–Kier alpha value is -3.32. The molecule has 0 fully saturated rings. The van der Waals surface area contributed by atoms with Crippen LogP contribution in [0.5, 0.6) is 5.75 Å². The van der Waals surface area contributed by atoms with Crippen molar-refractivity contribution in [3.8, 4) is 22.8 Å². The van der Waals surface area contributed by atoms with E-state index in [0.717, 1.165) is 16.8 Å². The van der Waals surface area contributed by atoms with E-state index in [1.165, 1.54) is 0 Å². The molecule has 7 nitrogen and oxygen atoms in total. The monoisotopic (exact) mass is 353 g/mol. The third-order valence-electron chi connectivity index (χ3n) is 3.63. The molecule has 2 aromatic heterocycles. The van der Waals surface area contributed by atoms with Crippen molar-refractivity contribution in [2.45, 2.75) is 0 Å². The maximum atomic E-state index is 11.0. The smallest absolute Gasteiger partial charge is 0.408 e. The molecule has 0 radical (unpaired) electrons. The number of benzene rings is 2. The van der Waals surface area contributed by atoms with Crippen LogP contribution >= 0.6 is 11.6 Å². The number of nitrogens with zero attached hydrogens (tertiary/aromatic N) is 3. The van der Waals surface area contributed by atoms with Crippen molar-refractivity contribution in [2.24, 2.45) is 5.73 Å². The van der Waals surface area contributed by atoms with Crippen molar-refractivity contribution in [1.82, 2.24) is 19.7 Å². The molecule has 4 aromatic rings. The number of hydrogen-bond donors (Lipinski definition) is 2. The second kappa shape index (κ2) is 5.95. The lowest BCUT2D eigenvalue weighted by Gasteiger charge is -2.00. The predicted molar refractivity (Wildman–Crippen MR) is 93.9 cm³/mol. The average molecular weight is 354 g/mol. The molecule has 0 aliphatic carbocycles. The summed E-state index contributed by atoms with van der Waals surface area (Å²) in [5.74, 6) is 0.910. The number of amides is 1. The van der Waals surface area contributed by atoms with Gasteiger partial charge in [0.2, 0.25) is 0 Å². The molecule has 3 N–H and O–H groups in total. The number of fused-ring (bicyclic) bond motifs is 1. The van der Waals surface area contributed by atoms with Gasteiger partial charge in [-0.15, -0.1) is 0 Å². The summed E-state index contributed by atoms with van der Waals surface area (Å²) in [6.07, 6.45) is 2.66. The van der Waals surface area contributed by atoms with Crippen LogP contribution < -0.4 is 10.5 Å².